The first kappa shape index (κ1) is 16.8. The summed E-state index contributed by atoms with van der Waals surface area (Å²) >= 11 is 1.66. The minimum Gasteiger partial charge on any atom is -0.497 e. The normalized spacial score (nSPS) is 13.3. The van der Waals surface area contributed by atoms with Gasteiger partial charge in [-0.2, -0.15) is 0 Å². The molecule has 1 aromatic carbocycles. The fourth-order valence-corrected chi connectivity index (χ4v) is 4.34. The summed E-state index contributed by atoms with van der Waals surface area (Å²) in [5.41, 5.74) is 2.33. The third-order valence-corrected chi connectivity index (χ3v) is 5.68. The van der Waals surface area contributed by atoms with Crippen molar-refractivity contribution in [2.24, 2.45) is 0 Å². The average molecular weight is 345 g/mol. The van der Waals surface area contributed by atoms with E-state index in [2.05, 4.69) is 6.07 Å². The van der Waals surface area contributed by atoms with Crippen LogP contribution in [0.4, 0.5) is 0 Å². The summed E-state index contributed by atoms with van der Waals surface area (Å²) in [4.78, 5) is 16.7. The molecule has 4 nitrogen and oxygen atoms in total. The van der Waals surface area contributed by atoms with Gasteiger partial charge in [-0.15, -0.1) is 11.3 Å². The van der Waals surface area contributed by atoms with Crippen LogP contribution in [0.25, 0.3) is 0 Å². The Bertz CT molecular complexity index is 715. The number of aryl methyl sites for hydroxylation is 2. The maximum Gasteiger partial charge on any atom is 0.263 e. The second-order valence-corrected chi connectivity index (χ2v) is 7.24. The molecule has 0 bridgehead atoms. The summed E-state index contributed by atoms with van der Waals surface area (Å²) in [5.74, 6) is 1.56. The van der Waals surface area contributed by atoms with Crippen molar-refractivity contribution in [2.75, 3.05) is 21.3 Å². The number of carbonyl (C=O) groups is 1. The summed E-state index contributed by atoms with van der Waals surface area (Å²) < 4.78 is 10.6. The number of ether oxygens (including phenoxy) is 2. The summed E-state index contributed by atoms with van der Waals surface area (Å²) in [6.07, 6.45) is 4.69. The van der Waals surface area contributed by atoms with E-state index >= 15 is 0 Å². The van der Waals surface area contributed by atoms with E-state index in [1.165, 1.54) is 23.3 Å². The second-order valence-electron chi connectivity index (χ2n) is 6.11. The van der Waals surface area contributed by atoms with Crippen LogP contribution in [0.15, 0.2) is 24.3 Å². The van der Waals surface area contributed by atoms with Crippen LogP contribution < -0.4 is 9.47 Å². The van der Waals surface area contributed by atoms with Crippen molar-refractivity contribution in [3.63, 3.8) is 0 Å². The van der Waals surface area contributed by atoms with Crippen molar-refractivity contribution in [3.05, 3.63) is 45.1 Å². The molecule has 5 heteroatoms. The predicted molar refractivity (Wildman–Crippen MR) is 96.3 cm³/mol. The van der Waals surface area contributed by atoms with E-state index in [9.17, 15) is 4.79 Å². The molecule has 0 saturated carbocycles. The number of hydrogen-bond donors (Lipinski definition) is 0. The predicted octanol–water partition coefficient (Wildman–Crippen LogP) is 3.92. The number of thiophene rings is 1. The molecule has 0 aliphatic heterocycles. The molecule has 1 aliphatic rings. The van der Waals surface area contributed by atoms with Gasteiger partial charge >= 0.3 is 0 Å². The molecule has 1 amide bonds. The highest BCUT2D eigenvalue weighted by molar-refractivity contribution is 7.14. The van der Waals surface area contributed by atoms with Gasteiger partial charge in [-0.25, -0.2) is 0 Å². The van der Waals surface area contributed by atoms with Crippen molar-refractivity contribution in [1.82, 2.24) is 4.90 Å². The van der Waals surface area contributed by atoms with Gasteiger partial charge in [0.05, 0.1) is 19.1 Å². The molecular formula is C19H23NO3S. The lowest BCUT2D eigenvalue weighted by molar-refractivity contribution is 0.0789. The van der Waals surface area contributed by atoms with Gasteiger partial charge in [0.2, 0.25) is 0 Å². The number of methoxy groups -OCH3 is 2. The van der Waals surface area contributed by atoms with Crippen molar-refractivity contribution in [2.45, 2.75) is 32.2 Å². The Morgan fingerprint density at radius 2 is 1.96 bits per heavy atom. The zero-order valence-corrected chi connectivity index (χ0v) is 15.2. The van der Waals surface area contributed by atoms with Crippen LogP contribution in [0.1, 0.15) is 38.5 Å². The third kappa shape index (κ3) is 3.41. The van der Waals surface area contributed by atoms with Crippen molar-refractivity contribution in [1.29, 1.82) is 0 Å². The molecule has 24 heavy (non-hydrogen) atoms. The van der Waals surface area contributed by atoms with Gasteiger partial charge < -0.3 is 14.4 Å². The molecular weight excluding hydrogens is 322 g/mol. The molecule has 0 radical (unpaired) electrons. The Morgan fingerprint density at radius 1 is 1.17 bits per heavy atom. The zero-order valence-electron chi connectivity index (χ0n) is 14.4. The molecule has 1 heterocycles. The van der Waals surface area contributed by atoms with Crippen LogP contribution in [-0.4, -0.2) is 32.1 Å². The zero-order chi connectivity index (χ0) is 17.1. The van der Waals surface area contributed by atoms with E-state index in [-0.39, 0.29) is 5.91 Å². The van der Waals surface area contributed by atoms with Gasteiger partial charge in [-0.3, -0.25) is 4.79 Å². The van der Waals surface area contributed by atoms with Gasteiger partial charge in [0.1, 0.15) is 11.5 Å². The van der Waals surface area contributed by atoms with Crippen molar-refractivity contribution >= 4 is 17.2 Å². The standard InChI is InChI=1S/C19H23NO3S/c1-20(12-14-8-9-15(22-2)11-16(14)23-3)19(21)18-10-13-6-4-5-7-17(13)24-18/h8-11H,4-7,12H2,1-3H3. The van der Waals surface area contributed by atoms with Crippen molar-refractivity contribution in [3.8, 4) is 11.5 Å². The fourth-order valence-electron chi connectivity index (χ4n) is 3.09. The maximum atomic E-state index is 12.8. The van der Waals surface area contributed by atoms with Gasteiger partial charge in [-0.1, -0.05) is 0 Å². The monoisotopic (exact) mass is 345 g/mol. The Balaban J connectivity index is 1.75. The lowest BCUT2D eigenvalue weighted by Crippen LogP contribution is -2.25. The maximum absolute atomic E-state index is 12.8. The largest absolute Gasteiger partial charge is 0.497 e. The van der Waals surface area contributed by atoms with Crippen LogP contribution in [0.2, 0.25) is 0 Å². The average Bonchev–Trinajstić information content (AvgIpc) is 3.05. The number of rotatable bonds is 5. The third-order valence-electron chi connectivity index (χ3n) is 4.46. The SMILES string of the molecule is COc1ccc(CN(C)C(=O)c2cc3c(s2)CCCC3)c(OC)c1. The lowest BCUT2D eigenvalue weighted by atomic mass is 9.99. The summed E-state index contributed by atoms with van der Waals surface area (Å²) in [7, 11) is 5.10. The summed E-state index contributed by atoms with van der Waals surface area (Å²) in [5, 5.41) is 0. The Kier molecular flexibility index (Phi) is 5.09. The molecule has 1 aliphatic carbocycles. The van der Waals surface area contributed by atoms with Crippen LogP contribution in [-0.2, 0) is 19.4 Å². The van der Waals surface area contributed by atoms with Crippen LogP contribution in [0.3, 0.4) is 0 Å². The van der Waals surface area contributed by atoms with E-state index in [0.717, 1.165) is 34.8 Å². The van der Waals surface area contributed by atoms with E-state index < -0.39 is 0 Å². The second kappa shape index (κ2) is 7.26. The number of benzene rings is 1. The number of nitrogens with zero attached hydrogens (tertiary/aromatic N) is 1. The number of hydrogen-bond acceptors (Lipinski definition) is 4. The van der Waals surface area contributed by atoms with E-state index in [1.54, 1.807) is 30.5 Å². The minimum absolute atomic E-state index is 0.0762. The molecule has 0 N–H and O–H groups in total. The highest BCUT2D eigenvalue weighted by atomic mass is 32.1. The minimum atomic E-state index is 0.0762. The molecule has 0 atom stereocenters. The van der Waals surface area contributed by atoms with Gasteiger partial charge in [0, 0.05) is 30.1 Å². The molecule has 0 fully saturated rings. The first-order chi connectivity index (χ1) is 11.6. The van der Waals surface area contributed by atoms with E-state index in [0.29, 0.717) is 6.54 Å². The first-order valence-corrected chi connectivity index (χ1v) is 9.02. The molecule has 1 aromatic heterocycles. The van der Waals surface area contributed by atoms with Gasteiger partial charge in [-0.05, 0) is 49.4 Å². The van der Waals surface area contributed by atoms with Gasteiger partial charge in [0.15, 0.2) is 0 Å². The molecule has 3 rings (SSSR count). The number of carbonyl (C=O) groups excluding carboxylic acids is 1. The first-order valence-electron chi connectivity index (χ1n) is 8.20. The smallest absolute Gasteiger partial charge is 0.263 e. The number of fused-ring (bicyclic) bond motifs is 1. The van der Waals surface area contributed by atoms with Crippen molar-refractivity contribution < 1.29 is 14.3 Å². The van der Waals surface area contributed by atoms with Crippen LogP contribution in [0, 0.1) is 0 Å². The Labute approximate surface area is 147 Å². The number of amides is 1. The molecule has 0 saturated heterocycles. The van der Waals surface area contributed by atoms with Crippen LogP contribution in [0.5, 0.6) is 11.5 Å². The fraction of sp³-hybridized carbons (Fsp3) is 0.421. The molecule has 2 aromatic rings. The lowest BCUT2D eigenvalue weighted by Gasteiger charge is -2.18. The molecule has 0 unspecified atom stereocenters. The highest BCUT2D eigenvalue weighted by Gasteiger charge is 2.20. The Hall–Kier alpha value is -2.01. The van der Waals surface area contributed by atoms with Crippen LogP contribution >= 0.6 is 11.3 Å². The topological polar surface area (TPSA) is 38.8 Å². The quantitative estimate of drug-likeness (QED) is 0.824. The van der Waals surface area contributed by atoms with E-state index in [1.807, 2.05) is 25.2 Å². The Morgan fingerprint density at radius 3 is 2.67 bits per heavy atom. The molecule has 128 valence electrons. The summed E-state index contributed by atoms with van der Waals surface area (Å²) in [6.45, 7) is 0.508. The molecule has 0 spiro atoms. The van der Waals surface area contributed by atoms with Gasteiger partial charge in [0.25, 0.3) is 5.91 Å². The summed E-state index contributed by atoms with van der Waals surface area (Å²) in [6, 6.07) is 7.77. The van der Waals surface area contributed by atoms with E-state index in [4.69, 9.17) is 9.47 Å². The highest BCUT2D eigenvalue weighted by Crippen LogP contribution is 2.31.